The molecule has 0 radical (unpaired) electrons. The van der Waals surface area contributed by atoms with Gasteiger partial charge < -0.3 is 20.0 Å². The number of carbonyl (C=O) groups excluding carboxylic acids is 1. The van der Waals surface area contributed by atoms with Crippen molar-refractivity contribution in [1.82, 2.24) is 40.4 Å². The van der Waals surface area contributed by atoms with E-state index in [1.807, 2.05) is 24.3 Å². The average Bonchev–Trinajstić information content (AvgIpc) is 3.73. The fourth-order valence-electron chi connectivity index (χ4n) is 5.14. The number of carbonyl (C=O) groups is 1. The zero-order valence-corrected chi connectivity index (χ0v) is 20.9. The number of aromatic nitrogens is 7. The smallest absolute Gasteiger partial charge is 0.224 e. The van der Waals surface area contributed by atoms with Gasteiger partial charge in [-0.05, 0) is 56.1 Å². The van der Waals surface area contributed by atoms with Crippen molar-refractivity contribution in [3.63, 3.8) is 0 Å². The number of nitrogens with one attached hydrogen (secondary N) is 4. The van der Waals surface area contributed by atoms with Gasteiger partial charge in [0, 0.05) is 40.9 Å². The normalized spacial score (nSPS) is 14.3. The molecule has 0 atom stereocenters. The molecule has 7 rings (SSSR count). The van der Waals surface area contributed by atoms with Gasteiger partial charge in [-0.3, -0.25) is 19.9 Å². The highest BCUT2D eigenvalue weighted by Gasteiger charge is 2.19. The number of fused-ring (bicyclic) bond motifs is 2. The van der Waals surface area contributed by atoms with E-state index in [1.165, 1.54) is 0 Å². The summed E-state index contributed by atoms with van der Waals surface area (Å²) in [4.78, 5) is 34.2. The number of hydrogen-bond acceptors (Lipinski definition) is 8. The second-order valence-electron chi connectivity index (χ2n) is 9.75. The van der Waals surface area contributed by atoms with E-state index < -0.39 is 0 Å². The number of rotatable bonds is 6. The SMILES string of the molecule is O=C(CC1CCNCC1)Nc1cncc(-c2cc3c(-c4nc5c(-c6ccoc6)ccnc5[nH]4)n[nH]c3cn2)c1. The highest BCUT2D eigenvalue weighted by atomic mass is 16.3. The summed E-state index contributed by atoms with van der Waals surface area (Å²) in [5.74, 6) is 1.01. The van der Waals surface area contributed by atoms with Gasteiger partial charge in [0.1, 0.15) is 11.2 Å². The van der Waals surface area contributed by atoms with Crippen LogP contribution in [-0.2, 0) is 4.79 Å². The number of furan rings is 1. The minimum Gasteiger partial charge on any atom is -0.472 e. The third-order valence-electron chi connectivity index (χ3n) is 7.14. The molecule has 1 aliphatic heterocycles. The molecule has 7 heterocycles. The molecule has 39 heavy (non-hydrogen) atoms. The Hall–Kier alpha value is -4.90. The van der Waals surface area contributed by atoms with Crippen molar-refractivity contribution in [1.29, 1.82) is 0 Å². The van der Waals surface area contributed by atoms with Crippen LogP contribution in [0.4, 0.5) is 5.69 Å². The molecule has 194 valence electrons. The van der Waals surface area contributed by atoms with Crippen molar-refractivity contribution in [2.75, 3.05) is 18.4 Å². The van der Waals surface area contributed by atoms with Crippen LogP contribution in [0.1, 0.15) is 19.3 Å². The third kappa shape index (κ3) is 4.53. The van der Waals surface area contributed by atoms with E-state index >= 15 is 0 Å². The average molecular weight is 520 g/mol. The lowest BCUT2D eigenvalue weighted by Crippen LogP contribution is -2.30. The van der Waals surface area contributed by atoms with E-state index in [0.717, 1.165) is 59.0 Å². The minimum atomic E-state index is 0.00895. The first-order valence-electron chi connectivity index (χ1n) is 12.9. The predicted molar refractivity (Wildman–Crippen MR) is 147 cm³/mol. The molecule has 0 unspecified atom stereocenters. The molecule has 1 aliphatic rings. The zero-order valence-electron chi connectivity index (χ0n) is 20.9. The lowest BCUT2D eigenvalue weighted by Gasteiger charge is -2.21. The fraction of sp³-hybridized carbons (Fsp3) is 0.214. The molecule has 4 N–H and O–H groups in total. The summed E-state index contributed by atoms with van der Waals surface area (Å²) < 4.78 is 5.26. The third-order valence-corrected chi connectivity index (χ3v) is 7.14. The summed E-state index contributed by atoms with van der Waals surface area (Å²) in [5.41, 5.74) is 6.81. The molecule has 6 aromatic heterocycles. The summed E-state index contributed by atoms with van der Waals surface area (Å²) in [6, 6.07) is 7.64. The molecule has 11 heteroatoms. The van der Waals surface area contributed by atoms with Crippen molar-refractivity contribution in [3.05, 3.63) is 61.6 Å². The Balaban J connectivity index is 1.19. The molecule has 0 bridgehead atoms. The highest BCUT2D eigenvalue weighted by molar-refractivity contribution is 5.97. The first-order valence-corrected chi connectivity index (χ1v) is 12.9. The van der Waals surface area contributed by atoms with E-state index in [9.17, 15) is 4.79 Å². The van der Waals surface area contributed by atoms with Gasteiger partial charge in [-0.2, -0.15) is 5.10 Å². The van der Waals surface area contributed by atoms with Gasteiger partial charge in [0.05, 0.1) is 41.8 Å². The second kappa shape index (κ2) is 9.76. The topological polar surface area (TPSA) is 150 Å². The number of nitrogens with zero attached hydrogens (tertiary/aromatic N) is 5. The number of imidazole rings is 1. The quantitative estimate of drug-likeness (QED) is 0.250. The van der Waals surface area contributed by atoms with Gasteiger partial charge >= 0.3 is 0 Å². The number of pyridine rings is 3. The standard InChI is InChI=1S/C28H25N9O2/c38-24(9-16-1-5-29-6-2-16)33-19-10-18(12-30-13-19)22-11-21-23(14-32-22)36-37-26(21)28-34-25-20(17-4-8-39-15-17)3-7-31-27(25)35-28/h3-4,7-8,10-16,29H,1-2,5-6,9H2,(H,33,38)(H,36,37)(H,31,34,35). The molecular weight excluding hydrogens is 494 g/mol. The number of aromatic amines is 2. The highest BCUT2D eigenvalue weighted by Crippen LogP contribution is 2.32. The lowest BCUT2D eigenvalue weighted by atomic mass is 9.94. The summed E-state index contributed by atoms with van der Waals surface area (Å²) >= 11 is 0. The van der Waals surface area contributed by atoms with Crippen LogP contribution in [0.15, 0.2) is 66.0 Å². The van der Waals surface area contributed by atoms with Crippen LogP contribution in [-0.4, -0.2) is 54.1 Å². The summed E-state index contributed by atoms with van der Waals surface area (Å²) in [5, 5.41) is 14.8. The van der Waals surface area contributed by atoms with Crippen LogP contribution < -0.4 is 10.6 Å². The van der Waals surface area contributed by atoms with Crippen molar-refractivity contribution in [2.24, 2.45) is 5.92 Å². The molecule has 6 aromatic rings. The van der Waals surface area contributed by atoms with Crippen LogP contribution >= 0.6 is 0 Å². The number of anilines is 1. The van der Waals surface area contributed by atoms with Crippen molar-refractivity contribution in [2.45, 2.75) is 19.3 Å². The molecule has 1 saturated heterocycles. The van der Waals surface area contributed by atoms with E-state index in [4.69, 9.17) is 9.40 Å². The Morgan fingerprint density at radius 2 is 2.00 bits per heavy atom. The maximum absolute atomic E-state index is 12.6. The maximum atomic E-state index is 12.6. The van der Waals surface area contributed by atoms with Gasteiger partial charge in [0.15, 0.2) is 11.5 Å². The Labute approximate surface area is 222 Å². The predicted octanol–water partition coefficient (Wildman–Crippen LogP) is 4.55. The lowest BCUT2D eigenvalue weighted by molar-refractivity contribution is -0.117. The molecule has 0 aromatic carbocycles. The van der Waals surface area contributed by atoms with Crippen molar-refractivity contribution in [3.8, 4) is 33.9 Å². The maximum Gasteiger partial charge on any atom is 0.224 e. The first-order chi connectivity index (χ1) is 19.2. The number of amides is 1. The Bertz CT molecular complexity index is 1780. The molecule has 0 saturated carbocycles. The second-order valence-corrected chi connectivity index (χ2v) is 9.75. The summed E-state index contributed by atoms with van der Waals surface area (Å²) in [7, 11) is 0. The molecular formula is C28H25N9O2. The largest absolute Gasteiger partial charge is 0.472 e. The van der Waals surface area contributed by atoms with Crippen molar-refractivity contribution < 1.29 is 9.21 Å². The van der Waals surface area contributed by atoms with Gasteiger partial charge in [-0.15, -0.1) is 0 Å². The van der Waals surface area contributed by atoms with Crippen molar-refractivity contribution >= 4 is 33.7 Å². The molecule has 11 nitrogen and oxygen atoms in total. The summed E-state index contributed by atoms with van der Waals surface area (Å²) in [6.07, 6.45) is 12.7. The monoisotopic (exact) mass is 519 g/mol. The Morgan fingerprint density at radius 1 is 1.08 bits per heavy atom. The van der Waals surface area contributed by atoms with Crippen LogP contribution in [0.25, 0.3) is 56.0 Å². The molecule has 1 amide bonds. The Kier molecular flexibility index (Phi) is 5.82. The van der Waals surface area contributed by atoms with Gasteiger partial charge in [-0.1, -0.05) is 0 Å². The van der Waals surface area contributed by atoms with E-state index in [2.05, 4.69) is 40.8 Å². The first kappa shape index (κ1) is 23.2. The van der Waals surface area contributed by atoms with E-state index in [-0.39, 0.29) is 5.91 Å². The van der Waals surface area contributed by atoms with Crippen LogP contribution in [0, 0.1) is 5.92 Å². The number of hydrogen-bond donors (Lipinski definition) is 4. The van der Waals surface area contributed by atoms with Gasteiger partial charge in [0.2, 0.25) is 5.91 Å². The van der Waals surface area contributed by atoms with Gasteiger partial charge in [0.25, 0.3) is 0 Å². The van der Waals surface area contributed by atoms with Crippen LogP contribution in [0.2, 0.25) is 0 Å². The van der Waals surface area contributed by atoms with Crippen LogP contribution in [0.3, 0.4) is 0 Å². The minimum absolute atomic E-state index is 0.00895. The molecule has 0 aliphatic carbocycles. The molecule has 0 spiro atoms. The fourth-order valence-corrected chi connectivity index (χ4v) is 5.14. The number of piperidine rings is 1. The molecule has 1 fully saturated rings. The zero-order chi connectivity index (χ0) is 26.2. The van der Waals surface area contributed by atoms with E-state index in [1.54, 1.807) is 37.3 Å². The Morgan fingerprint density at radius 3 is 2.87 bits per heavy atom. The number of H-pyrrole nitrogens is 2. The summed E-state index contributed by atoms with van der Waals surface area (Å²) in [6.45, 7) is 1.93. The van der Waals surface area contributed by atoms with Gasteiger partial charge in [-0.25, -0.2) is 9.97 Å². The van der Waals surface area contributed by atoms with Crippen LogP contribution in [0.5, 0.6) is 0 Å². The van der Waals surface area contributed by atoms with E-state index in [0.29, 0.717) is 40.9 Å².